The normalized spacial score (nSPS) is 19.6. The van der Waals surface area contributed by atoms with Crippen LogP contribution in [0.5, 0.6) is 0 Å². The summed E-state index contributed by atoms with van der Waals surface area (Å²) in [6.45, 7) is 0.973. The van der Waals surface area contributed by atoms with Gasteiger partial charge in [0.1, 0.15) is 17.0 Å². The predicted octanol–water partition coefficient (Wildman–Crippen LogP) is 1.07. The molecule has 1 amide bonds. The Morgan fingerprint density at radius 3 is 2.68 bits per heavy atom. The number of aromatic nitrogens is 4. The second-order valence-corrected chi connectivity index (χ2v) is 9.86. The fourth-order valence-corrected chi connectivity index (χ4v) is 6.12. The Hall–Kier alpha value is -2.46. The number of nitrogens with zero attached hydrogens (tertiary/aromatic N) is 4. The summed E-state index contributed by atoms with van der Waals surface area (Å²) in [7, 11) is -3.16. The van der Waals surface area contributed by atoms with E-state index in [0.717, 1.165) is 34.9 Å². The number of carbonyl (C=O) groups is 1. The molecule has 0 bridgehead atoms. The summed E-state index contributed by atoms with van der Waals surface area (Å²) in [4.78, 5) is 23.7. The molecule has 0 radical (unpaired) electrons. The van der Waals surface area contributed by atoms with Crippen LogP contribution in [-0.4, -0.2) is 56.5 Å². The molecule has 9 nitrogen and oxygen atoms in total. The molecule has 3 N–H and O–H groups in total. The van der Waals surface area contributed by atoms with Crippen molar-refractivity contribution in [3.8, 4) is 0 Å². The molecule has 3 aromatic rings. The van der Waals surface area contributed by atoms with Gasteiger partial charge in [0.25, 0.3) is 0 Å². The van der Waals surface area contributed by atoms with Crippen molar-refractivity contribution in [1.82, 2.24) is 23.8 Å². The van der Waals surface area contributed by atoms with Crippen LogP contribution < -0.4 is 5.73 Å². The van der Waals surface area contributed by atoms with Gasteiger partial charge >= 0.3 is 0 Å². The van der Waals surface area contributed by atoms with Gasteiger partial charge in [-0.15, -0.1) is 0 Å². The maximum absolute atomic E-state index is 12.5. The molecule has 1 aliphatic heterocycles. The number of imidazole rings is 1. The molecule has 0 unspecified atom stereocenters. The number of piperidine rings is 1. The Labute approximate surface area is 162 Å². The number of pyridine rings is 1. The molecule has 0 spiro atoms. The van der Waals surface area contributed by atoms with Gasteiger partial charge in [0.2, 0.25) is 15.9 Å². The van der Waals surface area contributed by atoms with Gasteiger partial charge in [-0.3, -0.25) is 4.79 Å². The van der Waals surface area contributed by atoms with Gasteiger partial charge in [-0.05, 0) is 31.7 Å². The molecule has 10 heteroatoms. The first kappa shape index (κ1) is 17.6. The number of primary amides is 1. The van der Waals surface area contributed by atoms with Gasteiger partial charge in [-0.25, -0.2) is 22.7 Å². The monoisotopic (exact) mass is 402 g/mol. The third-order valence-electron chi connectivity index (χ3n) is 5.73. The lowest BCUT2D eigenvalue weighted by Gasteiger charge is -2.33. The van der Waals surface area contributed by atoms with Gasteiger partial charge in [0.15, 0.2) is 0 Å². The quantitative estimate of drug-likeness (QED) is 0.660. The molecule has 148 valence electrons. The van der Waals surface area contributed by atoms with Crippen LogP contribution in [0.25, 0.3) is 22.1 Å². The number of nitrogens with one attached hydrogen (secondary N) is 1. The average Bonchev–Trinajstić information content (AvgIpc) is 3.31. The van der Waals surface area contributed by atoms with E-state index in [1.54, 1.807) is 10.5 Å². The summed E-state index contributed by atoms with van der Waals surface area (Å²) in [5, 5.41) is 0.753. The summed E-state index contributed by atoms with van der Waals surface area (Å²) < 4.78 is 28.8. The number of nitrogens with two attached hydrogens (primary N) is 1. The number of amides is 1. The molecule has 1 saturated heterocycles. The highest BCUT2D eigenvalue weighted by Gasteiger charge is 2.41. The van der Waals surface area contributed by atoms with E-state index in [2.05, 4.69) is 19.5 Å². The average molecular weight is 402 g/mol. The fourth-order valence-electron chi connectivity index (χ4n) is 4.25. The maximum atomic E-state index is 12.5. The minimum Gasteiger partial charge on any atom is -0.369 e. The molecule has 0 aromatic carbocycles. The van der Waals surface area contributed by atoms with Crippen molar-refractivity contribution in [3.05, 3.63) is 24.3 Å². The van der Waals surface area contributed by atoms with E-state index >= 15 is 0 Å². The number of sulfonamides is 1. The van der Waals surface area contributed by atoms with E-state index in [0.29, 0.717) is 31.8 Å². The van der Waals surface area contributed by atoms with Crippen molar-refractivity contribution in [1.29, 1.82) is 0 Å². The standard InChI is InChI=1S/C18H22N6O3S/c19-15(25)9-16-22-14-10-21-18-13(3-6-20-18)17(14)24(16)11-4-7-23(8-5-11)28(26,27)12-1-2-12/h3,6,10-12H,1-2,4-5,7-9H2,(H2,19,25)(H,20,21). The molecule has 1 saturated carbocycles. The van der Waals surface area contributed by atoms with Crippen molar-refractivity contribution in [2.75, 3.05) is 13.1 Å². The van der Waals surface area contributed by atoms with Crippen LogP contribution in [0.1, 0.15) is 37.5 Å². The Morgan fingerprint density at radius 1 is 1.25 bits per heavy atom. The van der Waals surface area contributed by atoms with E-state index in [1.807, 2.05) is 12.3 Å². The maximum Gasteiger partial charge on any atom is 0.225 e. The Kier molecular flexibility index (Phi) is 3.95. The zero-order valence-corrected chi connectivity index (χ0v) is 16.2. The minimum atomic E-state index is -3.16. The largest absolute Gasteiger partial charge is 0.369 e. The number of fused-ring (bicyclic) bond motifs is 3. The van der Waals surface area contributed by atoms with E-state index < -0.39 is 15.9 Å². The molecule has 4 heterocycles. The van der Waals surface area contributed by atoms with Crippen LogP contribution in [0.3, 0.4) is 0 Å². The van der Waals surface area contributed by atoms with Gasteiger partial charge < -0.3 is 15.3 Å². The van der Waals surface area contributed by atoms with Crippen molar-refractivity contribution in [2.24, 2.45) is 5.73 Å². The Balaban J connectivity index is 1.54. The van der Waals surface area contributed by atoms with Crippen LogP contribution in [0.4, 0.5) is 0 Å². The van der Waals surface area contributed by atoms with E-state index in [-0.39, 0.29) is 17.7 Å². The molecular formula is C18H22N6O3S. The summed E-state index contributed by atoms with van der Waals surface area (Å²) in [5.41, 5.74) is 7.85. The van der Waals surface area contributed by atoms with Crippen molar-refractivity contribution < 1.29 is 13.2 Å². The number of hydrogen-bond acceptors (Lipinski definition) is 5. The third-order valence-corrected chi connectivity index (χ3v) is 8.13. The number of H-pyrrole nitrogens is 1. The van der Waals surface area contributed by atoms with Crippen LogP contribution in [0.2, 0.25) is 0 Å². The third kappa shape index (κ3) is 2.78. The lowest BCUT2D eigenvalue weighted by Crippen LogP contribution is -2.41. The van der Waals surface area contributed by atoms with Gasteiger partial charge in [-0.1, -0.05) is 0 Å². The van der Waals surface area contributed by atoms with Crippen LogP contribution in [0.15, 0.2) is 18.5 Å². The number of carbonyl (C=O) groups excluding carboxylic acids is 1. The Bertz CT molecular complexity index is 1170. The molecule has 3 aromatic heterocycles. The second kappa shape index (κ2) is 6.28. The highest BCUT2D eigenvalue weighted by molar-refractivity contribution is 7.90. The van der Waals surface area contributed by atoms with Gasteiger partial charge in [-0.2, -0.15) is 0 Å². The highest BCUT2D eigenvalue weighted by atomic mass is 32.2. The second-order valence-electron chi connectivity index (χ2n) is 7.65. The topological polar surface area (TPSA) is 127 Å². The van der Waals surface area contributed by atoms with Crippen molar-refractivity contribution >= 4 is 38.0 Å². The molecule has 2 fully saturated rings. The predicted molar refractivity (Wildman–Crippen MR) is 104 cm³/mol. The molecule has 5 rings (SSSR count). The SMILES string of the molecule is NC(=O)Cc1nc2cnc3[nH]ccc3c2n1C1CCN(S(=O)(=O)C2CC2)CC1. The van der Waals surface area contributed by atoms with Crippen LogP contribution in [-0.2, 0) is 21.2 Å². The highest BCUT2D eigenvalue weighted by Crippen LogP contribution is 2.36. The van der Waals surface area contributed by atoms with Crippen LogP contribution >= 0.6 is 0 Å². The molecule has 28 heavy (non-hydrogen) atoms. The Morgan fingerprint density at radius 2 is 2.00 bits per heavy atom. The molecule has 0 atom stereocenters. The first-order valence-corrected chi connectivity index (χ1v) is 11.1. The lowest BCUT2D eigenvalue weighted by atomic mass is 10.1. The van der Waals surface area contributed by atoms with E-state index in [9.17, 15) is 13.2 Å². The summed E-state index contributed by atoms with van der Waals surface area (Å²) in [6, 6.07) is 2.01. The number of rotatable bonds is 5. The number of aromatic amines is 1. The van der Waals surface area contributed by atoms with Crippen LogP contribution in [0, 0.1) is 0 Å². The van der Waals surface area contributed by atoms with E-state index in [1.165, 1.54) is 0 Å². The van der Waals surface area contributed by atoms with Crippen molar-refractivity contribution in [2.45, 2.75) is 43.4 Å². The van der Waals surface area contributed by atoms with Crippen molar-refractivity contribution in [3.63, 3.8) is 0 Å². The molecule has 2 aliphatic rings. The van der Waals surface area contributed by atoms with E-state index in [4.69, 9.17) is 5.73 Å². The lowest BCUT2D eigenvalue weighted by molar-refractivity contribution is -0.117. The number of hydrogen-bond donors (Lipinski definition) is 2. The van der Waals surface area contributed by atoms with Gasteiger partial charge in [0.05, 0.1) is 23.4 Å². The smallest absolute Gasteiger partial charge is 0.225 e. The minimum absolute atomic E-state index is 0.0428. The van der Waals surface area contributed by atoms with Gasteiger partial charge in [0, 0.05) is 30.7 Å². The summed E-state index contributed by atoms with van der Waals surface area (Å²) >= 11 is 0. The molecular weight excluding hydrogens is 380 g/mol. The fraction of sp³-hybridized carbons (Fsp3) is 0.500. The zero-order valence-electron chi connectivity index (χ0n) is 15.3. The molecule has 1 aliphatic carbocycles. The first-order chi connectivity index (χ1) is 13.4. The summed E-state index contributed by atoms with van der Waals surface area (Å²) in [6.07, 6.45) is 6.47. The first-order valence-electron chi connectivity index (χ1n) is 9.55. The zero-order chi connectivity index (χ0) is 19.5. The summed E-state index contributed by atoms with van der Waals surface area (Å²) in [5.74, 6) is 0.171.